The van der Waals surface area contributed by atoms with Crippen molar-refractivity contribution in [1.29, 1.82) is 0 Å². The number of hydrogen-bond donors (Lipinski definition) is 0. The summed E-state index contributed by atoms with van der Waals surface area (Å²) < 4.78 is 3.08. The average Bonchev–Trinajstić information content (AvgIpc) is 2.86. The van der Waals surface area contributed by atoms with E-state index in [1.807, 2.05) is 31.2 Å². The van der Waals surface area contributed by atoms with Crippen molar-refractivity contribution in [3.8, 4) is 16.8 Å². The van der Waals surface area contributed by atoms with Crippen LogP contribution in [0.15, 0.2) is 59.2 Å². The molecule has 0 aliphatic carbocycles. The fourth-order valence-corrected chi connectivity index (χ4v) is 3.41. The van der Waals surface area contributed by atoms with E-state index in [0.29, 0.717) is 0 Å². The number of rotatable bonds is 3. The molecule has 3 rings (SSSR count). The van der Waals surface area contributed by atoms with Crippen LogP contribution in [0.25, 0.3) is 16.8 Å². The molecule has 116 valence electrons. The lowest BCUT2D eigenvalue weighted by molar-refractivity contribution is 0.101. The second-order valence-electron chi connectivity index (χ2n) is 5.74. The summed E-state index contributed by atoms with van der Waals surface area (Å²) in [6, 6.07) is 16.3. The van der Waals surface area contributed by atoms with Gasteiger partial charge in [-0.1, -0.05) is 51.8 Å². The smallest absolute Gasteiger partial charge is 0.162 e. The second-order valence-corrected chi connectivity index (χ2v) is 6.60. The SMILES string of the molecule is CC(=O)c1c(-c2ccccc2Br)cn(-c2ccc(C)cc2)c1C. The molecule has 0 saturated carbocycles. The number of nitrogens with zero attached hydrogens (tertiary/aromatic N) is 1. The Bertz CT molecular complexity index is 875. The van der Waals surface area contributed by atoms with Gasteiger partial charge in [0.15, 0.2) is 5.78 Å². The Kier molecular flexibility index (Phi) is 4.22. The van der Waals surface area contributed by atoms with Gasteiger partial charge in [-0.05, 0) is 44.5 Å². The lowest BCUT2D eigenvalue weighted by Gasteiger charge is -2.07. The zero-order valence-corrected chi connectivity index (χ0v) is 15.0. The number of carbonyl (C=O) groups is 1. The normalized spacial score (nSPS) is 10.8. The molecule has 1 heterocycles. The minimum Gasteiger partial charge on any atom is -0.320 e. The molecule has 0 bridgehead atoms. The molecule has 0 radical (unpaired) electrons. The van der Waals surface area contributed by atoms with Gasteiger partial charge in [-0.15, -0.1) is 0 Å². The predicted octanol–water partition coefficient (Wildman–Crippen LogP) is 5.73. The first-order valence-electron chi connectivity index (χ1n) is 7.54. The summed E-state index contributed by atoms with van der Waals surface area (Å²) in [4.78, 5) is 12.2. The molecule has 1 aromatic heterocycles. The summed E-state index contributed by atoms with van der Waals surface area (Å²) in [5.41, 5.74) is 6.02. The highest BCUT2D eigenvalue weighted by molar-refractivity contribution is 9.10. The molecule has 0 spiro atoms. The lowest BCUT2D eigenvalue weighted by atomic mass is 10.0. The van der Waals surface area contributed by atoms with Gasteiger partial charge in [-0.3, -0.25) is 4.79 Å². The topological polar surface area (TPSA) is 22.0 Å². The van der Waals surface area contributed by atoms with Gasteiger partial charge >= 0.3 is 0 Å². The Morgan fingerprint density at radius 1 is 0.957 bits per heavy atom. The van der Waals surface area contributed by atoms with E-state index >= 15 is 0 Å². The Balaban J connectivity index is 2.25. The summed E-state index contributed by atoms with van der Waals surface area (Å²) in [5, 5.41) is 0. The van der Waals surface area contributed by atoms with Crippen molar-refractivity contribution in [2.45, 2.75) is 20.8 Å². The fourth-order valence-electron chi connectivity index (χ4n) is 2.91. The summed E-state index contributed by atoms with van der Waals surface area (Å²) in [7, 11) is 0. The molecule has 0 aliphatic heterocycles. The molecular formula is C20H18BrNO. The highest BCUT2D eigenvalue weighted by Gasteiger charge is 2.19. The number of halogens is 1. The quantitative estimate of drug-likeness (QED) is 0.542. The van der Waals surface area contributed by atoms with Crippen molar-refractivity contribution in [3.63, 3.8) is 0 Å². The van der Waals surface area contributed by atoms with Crippen LogP contribution in [-0.2, 0) is 0 Å². The minimum absolute atomic E-state index is 0.0825. The van der Waals surface area contributed by atoms with E-state index in [0.717, 1.165) is 32.5 Å². The van der Waals surface area contributed by atoms with Crippen LogP contribution < -0.4 is 0 Å². The highest BCUT2D eigenvalue weighted by atomic mass is 79.9. The van der Waals surface area contributed by atoms with Crippen molar-refractivity contribution < 1.29 is 4.79 Å². The van der Waals surface area contributed by atoms with E-state index in [1.165, 1.54) is 5.56 Å². The van der Waals surface area contributed by atoms with E-state index in [4.69, 9.17) is 0 Å². The maximum Gasteiger partial charge on any atom is 0.162 e. The molecular weight excluding hydrogens is 350 g/mol. The Labute approximate surface area is 144 Å². The Hall–Kier alpha value is -2.13. The van der Waals surface area contributed by atoms with E-state index < -0.39 is 0 Å². The largest absolute Gasteiger partial charge is 0.320 e. The van der Waals surface area contributed by atoms with Crippen LogP contribution in [0, 0.1) is 13.8 Å². The van der Waals surface area contributed by atoms with Gasteiger partial charge in [0, 0.05) is 33.2 Å². The van der Waals surface area contributed by atoms with Crippen LogP contribution in [0.2, 0.25) is 0 Å². The predicted molar refractivity (Wildman–Crippen MR) is 98.4 cm³/mol. The summed E-state index contributed by atoms with van der Waals surface area (Å²) >= 11 is 3.60. The first kappa shape index (κ1) is 15.8. The molecule has 0 amide bonds. The number of benzene rings is 2. The Morgan fingerprint density at radius 2 is 1.61 bits per heavy atom. The van der Waals surface area contributed by atoms with Crippen LogP contribution >= 0.6 is 15.9 Å². The van der Waals surface area contributed by atoms with Gasteiger partial charge in [-0.2, -0.15) is 0 Å². The maximum atomic E-state index is 12.2. The molecule has 0 N–H and O–H groups in total. The average molecular weight is 368 g/mol. The van der Waals surface area contributed by atoms with Gasteiger partial charge < -0.3 is 4.57 Å². The molecule has 0 fully saturated rings. The van der Waals surface area contributed by atoms with Gasteiger partial charge in [0.2, 0.25) is 0 Å². The Morgan fingerprint density at radius 3 is 2.22 bits per heavy atom. The van der Waals surface area contributed by atoms with Crippen LogP contribution in [0.1, 0.15) is 28.5 Å². The molecule has 2 nitrogen and oxygen atoms in total. The monoisotopic (exact) mass is 367 g/mol. The van der Waals surface area contributed by atoms with E-state index in [1.54, 1.807) is 6.92 Å². The van der Waals surface area contributed by atoms with E-state index in [2.05, 4.69) is 57.9 Å². The fraction of sp³-hybridized carbons (Fsp3) is 0.150. The molecule has 2 aromatic carbocycles. The van der Waals surface area contributed by atoms with Crippen molar-refractivity contribution in [3.05, 3.63) is 76.0 Å². The van der Waals surface area contributed by atoms with Gasteiger partial charge in [-0.25, -0.2) is 0 Å². The standard InChI is InChI=1S/C20H18BrNO/c1-13-8-10-16(11-9-13)22-12-18(20(14(22)2)15(3)23)17-6-4-5-7-19(17)21/h4-12H,1-3H3. The van der Waals surface area contributed by atoms with Crippen molar-refractivity contribution >= 4 is 21.7 Å². The number of aromatic nitrogens is 1. The van der Waals surface area contributed by atoms with E-state index in [9.17, 15) is 4.79 Å². The third kappa shape index (κ3) is 2.89. The number of carbonyl (C=O) groups excluding carboxylic acids is 1. The van der Waals surface area contributed by atoms with Crippen LogP contribution in [0.4, 0.5) is 0 Å². The van der Waals surface area contributed by atoms with Crippen molar-refractivity contribution in [2.75, 3.05) is 0 Å². The van der Waals surface area contributed by atoms with Crippen LogP contribution in [0.5, 0.6) is 0 Å². The zero-order chi connectivity index (χ0) is 16.6. The lowest BCUT2D eigenvalue weighted by Crippen LogP contribution is -1.99. The first-order chi connectivity index (χ1) is 11.0. The summed E-state index contributed by atoms with van der Waals surface area (Å²) in [5.74, 6) is 0.0825. The third-order valence-electron chi connectivity index (χ3n) is 4.08. The zero-order valence-electron chi connectivity index (χ0n) is 13.4. The van der Waals surface area contributed by atoms with Crippen LogP contribution in [0.3, 0.4) is 0 Å². The first-order valence-corrected chi connectivity index (χ1v) is 8.33. The van der Waals surface area contributed by atoms with Crippen molar-refractivity contribution in [2.24, 2.45) is 0 Å². The third-order valence-corrected chi connectivity index (χ3v) is 4.77. The number of aryl methyl sites for hydroxylation is 1. The van der Waals surface area contributed by atoms with E-state index in [-0.39, 0.29) is 5.78 Å². The molecule has 0 unspecified atom stereocenters. The molecule has 0 aliphatic rings. The summed E-state index contributed by atoms with van der Waals surface area (Å²) in [6.07, 6.45) is 2.05. The number of ketones is 1. The molecule has 0 saturated heterocycles. The summed E-state index contributed by atoms with van der Waals surface area (Å²) in [6.45, 7) is 5.69. The van der Waals surface area contributed by atoms with Gasteiger partial charge in [0.1, 0.15) is 0 Å². The van der Waals surface area contributed by atoms with Gasteiger partial charge in [0.25, 0.3) is 0 Å². The highest BCUT2D eigenvalue weighted by Crippen LogP contribution is 2.34. The number of Topliss-reactive ketones (excluding diaryl/α,β-unsaturated/α-hetero) is 1. The van der Waals surface area contributed by atoms with Crippen molar-refractivity contribution in [1.82, 2.24) is 4.57 Å². The number of hydrogen-bond acceptors (Lipinski definition) is 1. The molecule has 3 aromatic rings. The molecule has 3 heteroatoms. The molecule has 23 heavy (non-hydrogen) atoms. The minimum atomic E-state index is 0.0825. The van der Waals surface area contributed by atoms with Crippen LogP contribution in [-0.4, -0.2) is 10.4 Å². The molecule has 0 atom stereocenters. The maximum absolute atomic E-state index is 12.2. The van der Waals surface area contributed by atoms with Gasteiger partial charge in [0.05, 0.1) is 0 Å². The second kappa shape index (κ2) is 6.17.